The molecule has 0 aliphatic carbocycles. The normalized spacial score (nSPS) is 11.0. The SMILES string of the molecule is N#Cc1c(F)c(F)c(F)c(F)c1C(=O)Nc1ccc(S(=O)(=O)c2ccc(NC(=O)c3c(F)c(F)c(F)c(F)c3C#N)cc2)cc1. The van der Waals surface area contributed by atoms with Gasteiger partial charge in [0.05, 0.1) is 20.9 Å². The highest BCUT2D eigenvalue weighted by atomic mass is 32.2. The van der Waals surface area contributed by atoms with Crippen LogP contribution in [0.5, 0.6) is 0 Å². The molecule has 4 aromatic carbocycles. The molecule has 4 aromatic rings. The molecule has 2 N–H and O–H groups in total. The van der Waals surface area contributed by atoms with Crippen molar-refractivity contribution >= 4 is 33.0 Å². The molecular weight excluding hydrogens is 640 g/mol. The zero-order valence-electron chi connectivity index (χ0n) is 21.6. The number of hydrogen-bond acceptors (Lipinski definition) is 6. The van der Waals surface area contributed by atoms with Gasteiger partial charge >= 0.3 is 0 Å². The van der Waals surface area contributed by atoms with Gasteiger partial charge in [-0.15, -0.1) is 0 Å². The van der Waals surface area contributed by atoms with Crippen LogP contribution in [0.15, 0.2) is 58.3 Å². The smallest absolute Gasteiger partial charge is 0.260 e. The van der Waals surface area contributed by atoms with Crippen LogP contribution in [-0.2, 0) is 9.84 Å². The van der Waals surface area contributed by atoms with Gasteiger partial charge in [0, 0.05) is 11.4 Å². The van der Waals surface area contributed by atoms with Crippen LogP contribution in [0.2, 0.25) is 0 Å². The first-order valence-electron chi connectivity index (χ1n) is 11.8. The van der Waals surface area contributed by atoms with Crippen LogP contribution in [0.25, 0.3) is 0 Å². The van der Waals surface area contributed by atoms with Crippen LogP contribution in [0.1, 0.15) is 31.8 Å². The second-order valence-corrected chi connectivity index (χ2v) is 10.6. The van der Waals surface area contributed by atoms with Crippen molar-refractivity contribution in [3.63, 3.8) is 0 Å². The van der Waals surface area contributed by atoms with Crippen molar-refractivity contribution in [1.82, 2.24) is 0 Å². The molecule has 45 heavy (non-hydrogen) atoms. The lowest BCUT2D eigenvalue weighted by molar-refractivity contribution is 0.101. The van der Waals surface area contributed by atoms with E-state index in [0.717, 1.165) is 60.7 Å². The minimum absolute atomic E-state index is 0.233. The summed E-state index contributed by atoms with van der Waals surface area (Å²) in [6.45, 7) is 0. The van der Waals surface area contributed by atoms with E-state index in [1.807, 2.05) is 10.6 Å². The molecule has 17 heteroatoms. The van der Waals surface area contributed by atoms with E-state index in [-0.39, 0.29) is 11.4 Å². The molecule has 0 saturated carbocycles. The van der Waals surface area contributed by atoms with Crippen molar-refractivity contribution in [2.24, 2.45) is 0 Å². The molecule has 0 saturated heterocycles. The predicted octanol–water partition coefficient (Wildman–Crippen LogP) is 5.88. The average Bonchev–Trinajstić information content (AvgIpc) is 3.02. The van der Waals surface area contributed by atoms with Gasteiger partial charge in [0.2, 0.25) is 9.84 Å². The Labute approximate surface area is 246 Å². The number of nitrogens with one attached hydrogen (secondary N) is 2. The molecule has 0 fully saturated rings. The van der Waals surface area contributed by atoms with Crippen LogP contribution in [0.4, 0.5) is 46.5 Å². The van der Waals surface area contributed by atoms with E-state index < -0.39 is 100 Å². The first kappa shape index (κ1) is 32.1. The quantitative estimate of drug-likeness (QED) is 0.152. The van der Waals surface area contributed by atoms with E-state index in [0.29, 0.717) is 0 Å². The maximum Gasteiger partial charge on any atom is 0.260 e. The fraction of sp³-hybridized carbons (Fsp3) is 0. The molecule has 0 aliphatic heterocycles. The van der Waals surface area contributed by atoms with Crippen LogP contribution >= 0.6 is 0 Å². The molecule has 0 atom stereocenters. The Bertz CT molecular complexity index is 1960. The van der Waals surface area contributed by atoms with Crippen LogP contribution < -0.4 is 10.6 Å². The molecule has 0 aliphatic rings. The number of nitrogens with zero attached hydrogens (tertiary/aromatic N) is 2. The van der Waals surface area contributed by atoms with Gasteiger partial charge in [-0.25, -0.2) is 43.5 Å². The Morgan fingerprint density at radius 2 is 0.800 bits per heavy atom. The number of carbonyl (C=O) groups excluding carboxylic acids is 2. The van der Waals surface area contributed by atoms with Crippen molar-refractivity contribution in [3.05, 3.63) is 117 Å². The Hall–Kier alpha value is -5.81. The van der Waals surface area contributed by atoms with Crippen molar-refractivity contribution in [1.29, 1.82) is 10.5 Å². The van der Waals surface area contributed by atoms with Gasteiger partial charge in [0.15, 0.2) is 46.5 Å². The minimum atomic E-state index is -4.31. The molecule has 4 rings (SSSR count). The number of hydrogen-bond donors (Lipinski definition) is 2. The topological polar surface area (TPSA) is 140 Å². The Morgan fingerprint density at radius 3 is 1.09 bits per heavy atom. The molecule has 0 spiro atoms. The summed E-state index contributed by atoms with van der Waals surface area (Å²) in [6.07, 6.45) is 0. The summed E-state index contributed by atoms with van der Waals surface area (Å²) in [7, 11) is -4.31. The summed E-state index contributed by atoms with van der Waals surface area (Å²) >= 11 is 0. The second kappa shape index (κ2) is 12.1. The lowest BCUT2D eigenvalue weighted by atomic mass is 10.1. The van der Waals surface area contributed by atoms with E-state index in [4.69, 9.17) is 10.5 Å². The molecule has 8 nitrogen and oxygen atoms in total. The maximum absolute atomic E-state index is 14.2. The van der Waals surface area contributed by atoms with E-state index >= 15 is 0 Å². The largest absolute Gasteiger partial charge is 0.322 e. The lowest BCUT2D eigenvalue weighted by Crippen LogP contribution is -2.19. The number of benzene rings is 4. The van der Waals surface area contributed by atoms with Gasteiger partial charge in [-0.2, -0.15) is 10.5 Å². The highest BCUT2D eigenvalue weighted by Crippen LogP contribution is 2.28. The molecular formula is C28H10F8N4O4S. The molecule has 0 aromatic heterocycles. The molecule has 2 amide bonds. The summed E-state index contributed by atoms with van der Waals surface area (Å²) < 4.78 is 136. The van der Waals surface area contributed by atoms with E-state index in [1.165, 1.54) is 0 Å². The number of amides is 2. The highest BCUT2D eigenvalue weighted by Gasteiger charge is 2.31. The van der Waals surface area contributed by atoms with Crippen molar-refractivity contribution in [3.8, 4) is 12.1 Å². The number of carbonyl (C=O) groups is 2. The van der Waals surface area contributed by atoms with Gasteiger partial charge in [-0.1, -0.05) is 0 Å². The maximum atomic E-state index is 14.2. The van der Waals surface area contributed by atoms with Gasteiger partial charge in [-0.05, 0) is 48.5 Å². The van der Waals surface area contributed by atoms with Crippen LogP contribution in [-0.4, -0.2) is 20.2 Å². The molecule has 0 unspecified atom stereocenters. The number of nitriles is 2. The van der Waals surface area contributed by atoms with Gasteiger partial charge in [0.1, 0.15) is 23.3 Å². The Kier molecular flexibility index (Phi) is 8.60. The third-order valence-electron chi connectivity index (χ3n) is 6.06. The number of anilines is 2. The fourth-order valence-electron chi connectivity index (χ4n) is 3.86. The first-order valence-corrected chi connectivity index (χ1v) is 13.2. The standard InChI is InChI=1S/C28H10F8N4O4S/c29-19-15(9-37)17(21(31)25(35)23(19)33)27(41)39-11-1-5-13(6-2-11)45(43,44)14-7-3-12(4-8-14)40-28(42)18-16(10-38)20(30)24(34)26(36)22(18)32/h1-8H,(H,39,41)(H,40,42). The van der Waals surface area contributed by atoms with Crippen LogP contribution in [0.3, 0.4) is 0 Å². The first-order chi connectivity index (χ1) is 21.1. The van der Waals surface area contributed by atoms with Gasteiger partial charge in [-0.3, -0.25) is 9.59 Å². The third kappa shape index (κ3) is 5.64. The van der Waals surface area contributed by atoms with E-state index in [2.05, 4.69) is 0 Å². The predicted molar refractivity (Wildman–Crippen MR) is 136 cm³/mol. The number of sulfone groups is 1. The zero-order valence-corrected chi connectivity index (χ0v) is 22.4. The molecule has 0 bridgehead atoms. The molecule has 0 heterocycles. The third-order valence-corrected chi connectivity index (χ3v) is 7.84. The Morgan fingerprint density at radius 1 is 0.511 bits per heavy atom. The number of halogens is 8. The summed E-state index contributed by atoms with van der Waals surface area (Å²) in [5, 5.41) is 21.9. The molecule has 0 radical (unpaired) electrons. The summed E-state index contributed by atoms with van der Waals surface area (Å²) in [6, 6.07) is 9.91. The lowest BCUT2D eigenvalue weighted by Gasteiger charge is -2.11. The monoisotopic (exact) mass is 650 g/mol. The van der Waals surface area contributed by atoms with Gasteiger partial charge in [0.25, 0.3) is 11.8 Å². The zero-order chi connectivity index (χ0) is 33.4. The Balaban J connectivity index is 1.54. The summed E-state index contributed by atoms with van der Waals surface area (Å²) in [5.74, 6) is -20.8. The average molecular weight is 650 g/mol. The second-order valence-electron chi connectivity index (χ2n) is 8.70. The number of rotatable bonds is 6. The van der Waals surface area contributed by atoms with Crippen molar-refractivity contribution in [2.45, 2.75) is 9.79 Å². The van der Waals surface area contributed by atoms with E-state index in [9.17, 15) is 53.1 Å². The summed E-state index contributed by atoms with van der Waals surface area (Å²) in [4.78, 5) is 24.1. The van der Waals surface area contributed by atoms with Gasteiger partial charge < -0.3 is 10.6 Å². The van der Waals surface area contributed by atoms with Crippen molar-refractivity contribution < 1.29 is 53.1 Å². The summed E-state index contributed by atoms with van der Waals surface area (Å²) in [5.41, 5.74) is -6.14. The fourth-order valence-corrected chi connectivity index (χ4v) is 5.12. The molecule has 228 valence electrons. The highest BCUT2D eigenvalue weighted by molar-refractivity contribution is 7.91. The van der Waals surface area contributed by atoms with E-state index in [1.54, 1.807) is 0 Å². The van der Waals surface area contributed by atoms with Crippen LogP contribution in [0, 0.1) is 69.2 Å². The van der Waals surface area contributed by atoms with Crippen molar-refractivity contribution in [2.75, 3.05) is 10.6 Å². The minimum Gasteiger partial charge on any atom is -0.322 e.